The molecule has 0 fully saturated rings. The zero-order valence-electron chi connectivity index (χ0n) is 16.4. The van der Waals surface area contributed by atoms with Gasteiger partial charge in [0, 0.05) is 30.2 Å². The Morgan fingerprint density at radius 3 is 2.48 bits per heavy atom. The third-order valence-electron chi connectivity index (χ3n) is 4.55. The molecule has 29 heavy (non-hydrogen) atoms. The number of nitrogens with one attached hydrogen (secondary N) is 1. The molecular formula is C21H24FN3O3S. The van der Waals surface area contributed by atoms with Crippen molar-refractivity contribution < 1.29 is 17.6 Å². The van der Waals surface area contributed by atoms with Crippen LogP contribution in [0.15, 0.2) is 59.6 Å². The lowest BCUT2D eigenvalue weighted by atomic mass is 10.2. The number of carbonyl (C=O) groups excluding carboxylic acids is 1. The van der Waals surface area contributed by atoms with Crippen molar-refractivity contribution in [1.29, 1.82) is 0 Å². The van der Waals surface area contributed by atoms with Gasteiger partial charge in [-0.05, 0) is 37.9 Å². The van der Waals surface area contributed by atoms with Crippen LogP contribution in [0.3, 0.4) is 0 Å². The number of aromatic nitrogens is 1. The van der Waals surface area contributed by atoms with Crippen LogP contribution in [0.25, 0.3) is 10.9 Å². The maximum Gasteiger partial charge on any atom is 0.239 e. The molecule has 0 saturated carbocycles. The SMILES string of the molecule is CN(C)CCNC(=O)Cn1cc(S(=O)(=O)Cc2ccc(F)cc2)c2ccccc21. The van der Waals surface area contributed by atoms with Gasteiger partial charge in [-0.2, -0.15) is 0 Å². The number of para-hydroxylation sites is 1. The van der Waals surface area contributed by atoms with E-state index in [9.17, 15) is 17.6 Å². The van der Waals surface area contributed by atoms with E-state index in [1.807, 2.05) is 19.0 Å². The molecule has 1 N–H and O–H groups in total. The van der Waals surface area contributed by atoms with Crippen LogP contribution in [0.4, 0.5) is 4.39 Å². The first-order chi connectivity index (χ1) is 13.8. The number of hydrogen-bond donors (Lipinski definition) is 1. The van der Waals surface area contributed by atoms with Crippen molar-refractivity contribution in [2.24, 2.45) is 0 Å². The number of benzene rings is 2. The highest BCUT2D eigenvalue weighted by molar-refractivity contribution is 7.90. The molecule has 0 radical (unpaired) electrons. The third-order valence-corrected chi connectivity index (χ3v) is 6.26. The molecule has 2 aromatic carbocycles. The molecule has 154 valence electrons. The lowest BCUT2D eigenvalue weighted by Gasteiger charge is -2.11. The zero-order chi connectivity index (χ0) is 21.0. The van der Waals surface area contributed by atoms with Crippen molar-refractivity contribution in [1.82, 2.24) is 14.8 Å². The molecule has 1 heterocycles. The van der Waals surface area contributed by atoms with Crippen molar-refractivity contribution in [2.45, 2.75) is 17.2 Å². The van der Waals surface area contributed by atoms with E-state index in [1.54, 1.807) is 28.8 Å². The van der Waals surface area contributed by atoms with Crippen LogP contribution in [0, 0.1) is 5.82 Å². The van der Waals surface area contributed by atoms with Crippen molar-refractivity contribution >= 4 is 26.6 Å². The molecule has 0 unspecified atom stereocenters. The smallest absolute Gasteiger partial charge is 0.239 e. The second-order valence-corrected chi connectivity index (χ2v) is 9.14. The predicted octanol–water partition coefficient (Wildman–Crippen LogP) is 2.43. The third kappa shape index (κ3) is 5.21. The van der Waals surface area contributed by atoms with E-state index in [-0.39, 0.29) is 23.1 Å². The van der Waals surface area contributed by atoms with E-state index in [1.165, 1.54) is 30.5 Å². The van der Waals surface area contributed by atoms with Gasteiger partial charge in [0.25, 0.3) is 0 Å². The highest BCUT2D eigenvalue weighted by atomic mass is 32.2. The van der Waals surface area contributed by atoms with Gasteiger partial charge in [0.1, 0.15) is 12.4 Å². The van der Waals surface area contributed by atoms with Gasteiger partial charge in [0.2, 0.25) is 5.91 Å². The van der Waals surface area contributed by atoms with Crippen molar-refractivity contribution in [2.75, 3.05) is 27.2 Å². The average Bonchev–Trinajstić information content (AvgIpc) is 3.03. The average molecular weight is 418 g/mol. The minimum atomic E-state index is -3.68. The van der Waals surface area contributed by atoms with E-state index in [4.69, 9.17) is 0 Å². The Bertz CT molecular complexity index is 1110. The van der Waals surface area contributed by atoms with Crippen LogP contribution >= 0.6 is 0 Å². The number of halogens is 1. The van der Waals surface area contributed by atoms with Gasteiger partial charge < -0.3 is 14.8 Å². The van der Waals surface area contributed by atoms with Crippen LogP contribution in [-0.4, -0.2) is 51.0 Å². The molecule has 0 aliphatic rings. The summed E-state index contributed by atoms with van der Waals surface area (Å²) in [6.07, 6.45) is 1.51. The molecule has 0 spiro atoms. The van der Waals surface area contributed by atoms with Gasteiger partial charge >= 0.3 is 0 Å². The number of hydrogen-bond acceptors (Lipinski definition) is 4. The summed E-state index contributed by atoms with van der Waals surface area (Å²) < 4.78 is 40.8. The van der Waals surface area contributed by atoms with E-state index >= 15 is 0 Å². The van der Waals surface area contributed by atoms with E-state index < -0.39 is 15.7 Å². The Kier molecular flexibility index (Phi) is 6.34. The summed E-state index contributed by atoms with van der Waals surface area (Å²) in [6, 6.07) is 12.5. The molecule has 3 rings (SSSR count). The molecule has 8 heteroatoms. The molecule has 0 bridgehead atoms. The molecule has 0 aliphatic carbocycles. The molecular weight excluding hydrogens is 393 g/mol. The van der Waals surface area contributed by atoms with E-state index in [0.717, 1.165) is 6.54 Å². The number of carbonyl (C=O) groups is 1. The van der Waals surface area contributed by atoms with Gasteiger partial charge in [-0.1, -0.05) is 30.3 Å². The first-order valence-corrected chi connectivity index (χ1v) is 10.9. The summed E-state index contributed by atoms with van der Waals surface area (Å²) in [5.41, 5.74) is 1.18. The molecule has 1 aromatic heterocycles. The summed E-state index contributed by atoms with van der Waals surface area (Å²) in [4.78, 5) is 14.4. The van der Waals surface area contributed by atoms with Crippen molar-refractivity contribution in [3.8, 4) is 0 Å². The second kappa shape index (κ2) is 8.75. The quantitative estimate of drug-likeness (QED) is 0.611. The van der Waals surface area contributed by atoms with Crippen LogP contribution < -0.4 is 5.32 Å². The fourth-order valence-corrected chi connectivity index (χ4v) is 4.68. The van der Waals surface area contributed by atoms with Gasteiger partial charge in [-0.3, -0.25) is 4.79 Å². The predicted molar refractivity (Wildman–Crippen MR) is 111 cm³/mol. The molecule has 6 nitrogen and oxygen atoms in total. The maximum atomic E-state index is 13.1. The summed E-state index contributed by atoms with van der Waals surface area (Å²) >= 11 is 0. The largest absolute Gasteiger partial charge is 0.353 e. The van der Waals surface area contributed by atoms with Crippen LogP contribution in [0.1, 0.15) is 5.56 Å². The van der Waals surface area contributed by atoms with Crippen LogP contribution in [-0.2, 0) is 26.9 Å². The fourth-order valence-electron chi connectivity index (χ4n) is 3.10. The van der Waals surface area contributed by atoms with Crippen molar-refractivity contribution in [3.05, 3.63) is 66.1 Å². The van der Waals surface area contributed by atoms with Gasteiger partial charge in [-0.25, -0.2) is 12.8 Å². The number of nitrogens with zero attached hydrogens (tertiary/aromatic N) is 2. The molecule has 1 amide bonds. The number of sulfone groups is 1. The summed E-state index contributed by atoms with van der Waals surface area (Å²) in [6.45, 7) is 1.26. The summed E-state index contributed by atoms with van der Waals surface area (Å²) in [7, 11) is 0.163. The second-order valence-electron chi connectivity index (χ2n) is 7.18. The Labute approximate surface area is 169 Å². The first kappa shape index (κ1) is 21.0. The Hall–Kier alpha value is -2.71. The highest BCUT2D eigenvalue weighted by Gasteiger charge is 2.22. The maximum absolute atomic E-state index is 13.1. The van der Waals surface area contributed by atoms with Gasteiger partial charge in [0.15, 0.2) is 9.84 Å². The topological polar surface area (TPSA) is 71.4 Å². The number of amides is 1. The number of rotatable bonds is 8. The normalized spacial score (nSPS) is 11.9. The monoisotopic (exact) mass is 417 g/mol. The van der Waals surface area contributed by atoms with Gasteiger partial charge in [-0.15, -0.1) is 0 Å². The summed E-state index contributed by atoms with van der Waals surface area (Å²) in [5, 5.41) is 3.40. The first-order valence-electron chi connectivity index (χ1n) is 9.23. The molecule has 0 saturated heterocycles. The number of fused-ring (bicyclic) bond motifs is 1. The number of likely N-dealkylation sites (N-methyl/N-ethyl adjacent to an activating group) is 1. The Morgan fingerprint density at radius 2 is 1.79 bits per heavy atom. The van der Waals surface area contributed by atoms with Crippen LogP contribution in [0.5, 0.6) is 0 Å². The molecule has 0 aliphatic heterocycles. The van der Waals surface area contributed by atoms with Gasteiger partial charge in [0.05, 0.1) is 10.6 Å². The Morgan fingerprint density at radius 1 is 1.10 bits per heavy atom. The fraction of sp³-hybridized carbons (Fsp3) is 0.286. The van der Waals surface area contributed by atoms with E-state index in [2.05, 4.69) is 5.32 Å². The van der Waals surface area contributed by atoms with E-state index in [0.29, 0.717) is 23.0 Å². The molecule has 3 aromatic rings. The lowest BCUT2D eigenvalue weighted by molar-refractivity contribution is -0.121. The summed E-state index contributed by atoms with van der Waals surface area (Å²) in [5.74, 6) is -0.839. The van der Waals surface area contributed by atoms with Crippen molar-refractivity contribution in [3.63, 3.8) is 0 Å². The standard InChI is InChI=1S/C21H24FN3O3S/c1-24(2)12-11-23-21(26)14-25-13-20(18-5-3-4-6-19(18)25)29(27,28)15-16-7-9-17(22)10-8-16/h3-10,13H,11-12,14-15H2,1-2H3,(H,23,26). The minimum Gasteiger partial charge on any atom is -0.353 e. The lowest BCUT2D eigenvalue weighted by Crippen LogP contribution is -2.33. The Balaban J connectivity index is 1.87. The highest BCUT2D eigenvalue weighted by Crippen LogP contribution is 2.28. The zero-order valence-corrected chi connectivity index (χ0v) is 17.2. The molecule has 0 atom stereocenters. The van der Waals surface area contributed by atoms with Crippen LogP contribution in [0.2, 0.25) is 0 Å². The minimum absolute atomic E-state index is 0.0278.